The monoisotopic (exact) mass is 240 g/mol. The fourth-order valence-electron chi connectivity index (χ4n) is 2.40. The quantitative estimate of drug-likeness (QED) is 0.842. The maximum Gasteiger partial charge on any atom is 0.0296 e. The molecule has 0 amide bonds. The minimum atomic E-state index is 0.245. The highest BCUT2D eigenvalue weighted by Crippen LogP contribution is 2.27. The third kappa shape index (κ3) is 2.78. The minimum Gasteiger partial charge on any atom is -0.329 e. The van der Waals surface area contributed by atoms with Gasteiger partial charge < -0.3 is 11.1 Å². The molecule has 3 N–H and O–H groups in total. The molecule has 94 valence electrons. The molecule has 0 aliphatic rings. The first-order valence-electron chi connectivity index (χ1n) is 6.34. The third-order valence-corrected chi connectivity index (χ3v) is 3.34. The maximum atomic E-state index is 5.90. The highest BCUT2D eigenvalue weighted by atomic mass is 14.9. The number of hydrogen-bond acceptors (Lipinski definition) is 2. The smallest absolute Gasteiger partial charge is 0.0296 e. The van der Waals surface area contributed by atoms with Crippen LogP contribution in [0.15, 0.2) is 60.7 Å². The van der Waals surface area contributed by atoms with Gasteiger partial charge in [0, 0.05) is 18.5 Å². The first-order valence-corrected chi connectivity index (χ1v) is 6.34. The second kappa shape index (κ2) is 6.34. The summed E-state index contributed by atoms with van der Waals surface area (Å²) >= 11 is 0. The average molecular weight is 240 g/mol. The van der Waals surface area contributed by atoms with Crippen LogP contribution >= 0.6 is 0 Å². The molecule has 0 saturated heterocycles. The molecule has 1 atom stereocenters. The molecule has 2 aromatic rings. The number of nitrogens with two attached hydrogens (primary N) is 1. The van der Waals surface area contributed by atoms with Crippen LogP contribution in [0.4, 0.5) is 0 Å². The van der Waals surface area contributed by atoms with Gasteiger partial charge in [-0.3, -0.25) is 0 Å². The van der Waals surface area contributed by atoms with Crippen molar-refractivity contribution in [2.45, 2.75) is 12.0 Å². The Bertz CT molecular complexity index is 410. The minimum absolute atomic E-state index is 0.245. The lowest BCUT2D eigenvalue weighted by Crippen LogP contribution is -2.39. The van der Waals surface area contributed by atoms with E-state index in [0.717, 1.165) is 0 Å². The lowest BCUT2D eigenvalue weighted by molar-refractivity contribution is 0.515. The molecule has 0 heterocycles. The molecule has 0 bridgehead atoms. The van der Waals surface area contributed by atoms with Gasteiger partial charge in [0.1, 0.15) is 0 Å². The predicted octanol–water partition coefficient (Wildman–Crippen LogP) is 2.37. The Morgan fingerprint density at radius 2 is 1.33 bits per heavy atom. The summed E-state index contributed by atoms with van der Waals surface area (Å²) < 4.78 is 0. The Hall–Kier alpha value is -1.64. The molecule has 0 aliphatic heterocycles. The van der Waals surface area contributed by atoms with Crippen molar-refractivity contribution in [2.24, 2.45) is 5.73 Å². The van der Waals surface area contributed by atoms with Gasteiger partial charge in [-0.15, -0.1) is 0 Å². The van der Waals surface area contributed by atoms with Crippen LogP contribution in [0.2, 0.25) is 0 Å². The summed E-state index contributed by atoms with van der Waals surface area (Å²) in [4.78, 5) is 0. The largest absolute Gasteiger partial charge is 0.329 e. The van der Waals surface area contributed by atoms with Crippen molar-refractivity contribution in [1.82, 2.24) is 5.32 Å². The zero-order valence-electron chi connectivity index (χ0n) is 10.7. The third-order valence-electron chi connectivity index (χ3n) is 3.34. The average Bonchev–Trinajstić information content (AvgIpc) is 2.46. The lowest BCUT2D eigenvalue weighted by Gasteiger charge is -2.26. The summed E-state index contributed by atoms with van der Waals surface area (Å²) in [6.07, 6.45) is 0. The summed E-state index contributed by atoms with van der Waals surface area (Å²) in [6, 6.07) is 21.3. The van der Waals surface area contributed by atoms with Crippen LogP contribution in [-0.4, -0.2) is 19.6 Å². The standard InChI is InChI=1S/C16H20N2/c1-18-15(12-17)16(13-8-4-2-5-9-13)14-10-6-3-7-11-14/h2-11,15-16,18H,12,17H2,1H3. The fraction of sp³-hybridized carbons (Fsp3) is 0.250. The molecule has 1 unspecified atom stereocenters. The summed E-state index contributed by atoms with van der Waals surface area (Å²) in [6.45, 7) is 0.616. The van der Waals surface area contributed by atoms with Crippen molar-refractivity contribution >= 4 is 0 Å². The molecule has 2 nitrogen and oxygen atoms in total. The second-order valence-corrected chi connectivity index (χ2v) is 4.43. The number of likely N-dealkylation sites (N-methyl/N-ethyl adjacent to an activating group) is 1. The molecular weight excluding hydrogens is 220 g/mol. The van der Waals surface area contributed by atoms with Gasteiger partial charge in [-0.2, -0.15) is 0 Å². The molecule has 0 saturated carbocycles. The van der Waals surface area contributed by atoms with E-state index in [1.165, 1.54) is 11.1 Å². The Morgan fingerprint density at radius 3 is 1.67 bits per heavy atom. The van der Waals surface area contributed by atoms with Gasteiger partial charge in [-0.1, -0.05) is 60.7 Å². The van der Waals surface area contributed by atoms with Crippen molar-refractivity contribution in [3.05, 3.63) is 71.8 Å². The second-order valence-electron chi connectivity index (χ2n) is 4.43. The van der Waals surface area contributed by atoms with E-state index in [0.29, 0.717) is 12.5 Å². The van der Waals surface area contributed by atoms with Crippen LogP contribution < -0.4 is 11.1 Å². The van der Waals surface area contributed by atoms with Crippen molar-refractivity contribution in [2.75, 3.05) is 13.6 Å². The number of nitrogens with one attached hydrogen (secondary N) is 1. The number of rotatable bonds is 5. The Kier molecular flexibility index (Phi) is 4.51. The highest BCUT2D eigenvalue weighted by molar-refractivity contribution is 5.34. The molecule has 2 heteroatoms. The maximum absolute atomic E-state index is 5.90. The number of hydrogen-bond donors (Lipinski definition) is 2. The van der Waals surface area contributed by atoms with Crippen LogP contribution in [0.5, 0.6) is 0 Å². The zero-order valence-corrected chi connectivity index (χ0v) is 10.7. The van der Waals surface area contributed by atoms with Gasteiger partial charge in [0.15, 0.2) is 0 Å². The van der Waals surface area contributed by atoms with Crippen molar-refractivity contribution < 1.29 is 0 Å². The zero-order chi connectivity index (χ0) is 12.8. The molecule has 0 radical (unpaired) electrons. The van der Waals surface area contributed by atoms with E-state index in [-0.39, 0.29) is 6.04 Å². The van der Waals surface area contributed by atoms with Gasteiger partial charge in [0.25, 0.3) is 0 Å². The summed E-state index contributed by atoms with van der Waals surface area (Å²) in [5, 5.41) is 3.32. The Labute approximate surface area is 109 Å². The number of benzene rings is 2. The van der Waals surface area contributed by atoms with Gasteiger partial charge in [0.05, 0.1) is 0 Å². The van der Waals surface area contributed by atoms with E-state index >= 15 is 0 Å². The van der Waals surface area contributed by atoms with Crippen LogP contribution in [0.1, 0.15) is 17.0 Å². The molecule has 0 aliphatic carbocycles. The van der Waals surface area contributed by atoms with Gasteiger partial charge >= 0.3 is 0 Å². The molecule has 2 rings (SSSR count). The molecule has 0 fully saturated rings. The van der Waals surface area contributed by atoms with Crippen molar-refractivity contribution in [1.29, 1.82) is 0 Å². The normalized spacial score (nSPS) is 12.6. The van der Waals surface area contributed by atoms with Gasteiger partial charge in [-0.25, -0.2) is 0 Å². The van der Waals surface area contributed by atoms with Crippen LogP contribution in [-0.2, 0) is 0 Å². The van der Waals surface area contributed by atoms with E-state index in [1.54, 1.807) is 0 Å². The molecule has 18 heavy (non-hydrogen) atoms. The predicted molar refractivity (Wildman–Crippen MR) is 76.6 cm³/mol. The summed E-state index contributed by atoms with van der Waals surface area (Å²) in [5.41, 5.74) is 8.50. The van der Waals surface area contributed by atoms with E-state index in [2.05, 4.69) is 53.8 Å². The lowest BCUT2D eigenvalue weighted by atomic mass is 9.85. The molecule has 0 aromatic heterocycles. The van der Waals surface area contributed by atoms with Crippen LogP contribution in [0.25, 0.3) is 0 Å². The first kappa shape index (κ1) is 12.8. The van der Waals surface area contributed by atoms with Crippen LogP contribution in [0, 0.1) is 0 Å². The molecular formula is C16H20N2. The van der Waals surface area contributed by atoms with Gasteiger partial charge in [-0.05, 0) is 18.2 Å². The Balaban J connectivity index is 2.41. The first-order chi connectivity index (χ1) is 8.86. The van der Waals surface area contributed by atoms with Gasteiger partial charge in [0.2, 0.25) is 0 Å². The van der Waals surface area contributed by atoms with Crippen molar-refractivity contribution in [3.8, 4) is 0 Å². The summed E-state index contributed by atoms with van der Waals surface area (Å²) in [7, 11) is 1.97. The topological polar surface area (TPSA) is 38.0 Å². The van der Waals surface area contributed by atoms with Crippen LogP contribution in [0.3, 0.4) is 0 Å². The van der Waals surface area contributed by atoms with E-state index in [9.17, 15) is 0 Å². The highest BCUT2D eigenvalue weighted by Gasteiger charge is 2.22. The SMILES string of the molecule is CNC(CN)C(c1ccccc1)c1ccccc1. The van der Waals surface area contributed by atoms with E-state index < -0.39 is 0 Å². The molecule has 0 spiro atoms. The van der Waals surface area contributed by atoms with Crippen molar-refractivity contribution in [3.63, 3.8) is 0 Å². The fourth-order valence-corrected chi connectivity index (χ4v) is 2.40. The summed E-state index contributed by atoms with van der Waals surface area (Å²) in [5.74, 6) is 0.294. The Morgan fingerprint density at radius 1 is 0.889 bits per heavy atom. The molecule has 2 aromatic carbocycles. The van der Waals surface area contributed by atoms with E-state index in [4.69, 9.17) is 5.73 Å². The van der Waals surface area contributed by atoms with E-state index in [1.807, 2.05) is 19.2 Å².